The molecule has 2 saturated carbocycles. The van der Waals surface area contributed by atoms with Crippen LogP contribution >= 0.6 is 11.3 Å². The highest BCUT2D eigenvalue weighted by atomic mass is 32.1. The van der Waals surface area contributed by atoms with E-state index in [1.807, 2.05) is 11.0 Å². The molecular formula is C35H51NO7S. The topological polar surface area (TPSA) is 94.5 Å². The molecule has 4 fully saturated rings. The van der Waals surface area contributed by atoms with Crippen LogP contribution in [0.5, 0.6) is 0 Å². The molecule has 1 N–H and O–H groups in total. The highest BCUT2D eigenvalue weighted by molar-refractivity contribution is 7.15. The van der Waals surface area contributed by atoms with Gasteiger partial charge >= 0.3 is 5.97 Å². The van der Waals surface area contributed by atoms with E-state index in [1.165, 1.54) is 11.3 Å². The molecule has 0 spiro atoms. The van der Waals surface area contributed by atoms with Gasteiger partial charge in [-0.1, -0.05) is 18.8 Å². The van der Waals surface area contributed by atoms with Crippen LogP contribution in [0.4, 0.5) is 5.69 Å². The fourth-order valence-electron chi connectivity index (χ4n) is 6.92. The van der Waals surface area contributed by atoms with E-state index in [-0.39, 0.29) is 46.5 Å². The summed E-state index contributed by atoms with van der Waals surface area (Å²) in [7, 11) is 0. The van der Waals surface area contributed by atoms with Crippen molar-refractivity contribution in [2.75, 3.05) is 37.9 Å². The van der Waals surface area contributed by atoms with Crippen LogP contribution < -0.4 is 4.90 Å². The fraction of sp³-hybridized carbons (Fsp3) is 0.771. The second-order valence-electron chi connectivity index (χ2n) is 13.9. The number of aromatic carboxylic acids is 1. The molecular weight excluding hydrogens is 578 g/mol. The van der Waals surface area contributed by atoms with E-state index < -0.39 is 5.97 Å². The normalized spacial score (nSPS) is 28.3. The summed E-state index contributed by atoms with van der Waals surface area (Å²) in [4.78, 5) is 29.6. The van der Waals surface area contributed by atoms with Crippen LogP contribution in [0.1, 0.15) is 112 Å². The van der Waals surface area contributed by atoms with Crippen molar-refractivity contribution >= 4 is 28.9 Å². The minimum Gasteiger partial charge on any atom is -0.477 e. The predicted octanol–water partition coefficient (Wildman–Crippen LogP) is 6.69. The first kappa shape index (κ1) is 33.4. The van der Waals surface area contributed by atoms with Gasteiger partial charge in [-0.25, -0.2) is 4.79 Å². The van der Waals surface area contributed by atoms with Gasteiger partial charge in [0.25, 0.3) is 0 Å². The average molecular weight is 630 g/mol. The third-order valence-electron chi connectivity index (χ3n) is 9.82. The summed E-state index contributed by atoms with van der Waals surface area (Å²) in [5.41, 5.74) is 0.222. The van der Waals surface area contributed by atoms with E-state index in [9.17, 15) is 14.7 Å². The maximum Gasteiger partial charge on any atom is 0.348 e. The van der Waals surface area contributed by atoms with Crippen molar-refractivity contribution in [2.24, 2.45) is 17.3 Å². The molecule has 0 bridgehead atoms. The number of carbonyl (C=O) groups excluding carboxylic acids is 1. The Labute approximate surface area is 267 Å². The number of hydrogen-bond acceptors (Lipinski definition) is 7. The summed E-state index contributed by atoms with van der Waals surface area (Å²) in [5.74, 6) is 6.29. The smallest absolute Gasteiger partial charge is 0.348 e. The van der Waals surface area contributed by atoms with Gasteiger partial charge in [0.05, 0.1) is 35.5 Å². The molecule has 1 unspecified atom stereocenters. The van der Waals surface area contributed by atoms with E-state index in [2.05, 4.69) is 32.6 Å². The highest BCUT2D eigenvalue weighted by Crippen LogP contribution is 2.39. The molecule has 4 aliphatic rings. The molecule has 2 aliphatic heterocycles. The van der Waals surface area contributed by atoms with Crippen molar-refractivity contribution < 1.29 is 33.6 Å². The Kier molecular flexibility index (Phi) is 11.8. The predicted molar refractivity (Wildman–Crippen MR) is 171 cm³/mol. The summed E-state index contributed by atoms with van der Waals surface area (Å²) >= 11 is 1.18. The molecule has 0 radical (unpaired) electrons. The van der Waals surface area contributed by atoms with Gasteiger partial charge in [0, 0.05) is 43.8 Å². The molecule has 1 aromatic heterocycles. The Balaban J connectivity index is 1.32. The monoisotopic (exact) mass is 629 g/mol. The van der Waals surface area contributed by atoms with Gasteiger partial charge in [0.1, 0.15) is 4.88 Å². The van der Waals surface area contributed by atoms with Gasteiger partial charge in [-0.05, 0) is 103 Å². The standard InChI is InChI=1S/C35H51NO7S/c1-24-4-6-25(7-5-24)33(37)36(26-8-10-28(11-9-26)43-29-15-20-41-23-29)31-22-30(44-32(31)34(38)39)12-16-35(2,3)17-21-42-27-13-18-40-19-14-27/h22,24-29H,4-11,13-15,17-21,23H2,1-3H3,(H,38,39)/t24-,25-,26-,28-,29?. The van der Waals surface area contributed by atoms with Gasteiger partial charge in [-0.3, -0.25) is 4.79 Å². The van der Waals surface area contributed by atoms with Gasteiger partial charge in [0.2, 0.25) is 5.91 Å². The quantitative estimate of drug-likeness (QED) is 0.288. The summed E-state index contributed by atoms with van der Waals surface area (Å²) in [5, 5.41) is 10.3. The minimum absolute atomic E-state index is 0.0474. The van der Waals surface area contributed by atoms with Gasteiger partial charge in [-0.15, -0.1) is 11.3 Å². The first-order chi connectivity index (χ1) is 21.2. The van der Waals surface area contributed by atoms with Crippen LogP contribution in [0, 0.1) is 29.1 Å². The molecule has 2 aliphatic carbocycles. The number of carboxylic acid groups (broad SMARTS) is 1. The lowest BCUT2D eigenvalue weighted by molar-refractivity contribution is -0.124. The van der Waals surface area contributed by atoms with E-state index in [0.717, 1.165) is 96.9 Å². The first-order valence-electron chi connectivity index (χ1n) is 16.8. The second kappa shape index (κ2) is 15.6. The number of rotatable bonds is 10. The maximum absolute atomic E-state index is 14.2. The number of thiophene rings is 1. The Hall–Kier alpha value is -1.96. The molecule has 2 saturated heterocycles. The second-order valence-corrected chi connectivity index (χ2v) is 15.0. The Morgan fingerprint density at radius 1 is 0.955 bits per heavy atom. The average Bonchev–Trinajstić information content (AvgIpc) is 3.68. The van der Waals surface area contributed by atoms with Crippen LogP contribution in [0.2, 0.25) is 0 Å². The maximum atomic E-state index is 14.2. The number of ether oxygens (including phenoxy) is 4. The van der Waals surface area contributed by atoms with Crippen molar-refractivity contribution in [3.8, 4) is 11.8 Å². The number of carbonyl (C=O) groups is 2. The van der Waals surface area contributed by atoms with Crippen LogP contribution in [0.25, 0.3) is 0 Å². The number of carboxylic acids is 1. The van der Waals surface area contributed by atoms with Crippen LogP contribution in [0.3, 0.4) is 0 Å². The van der Waals surface area contributed by atoms with Crippen molar-refractivity contribution in [3.05, 3.63) is 15.8 Å². The summed E-state index contributed by atoms with van der Waals surface area (Å²) < 4.78 is 23.3. The zero-order chi connectivity index (χ0) is 31.1. The van der Waals surface area contributed by atoms with Crippen molar-refractivity contribution in [1.82, 2.24) is 0 Å². The lowest BCUT2D eigenvalue weighted by Gasteiger charge is -2.39. The molecule has 1 amide bonds. The van der Waals surface area contributed by atoms with Gasteiger partial charge in [0.15, 0.2) is 0 Å². The van der Waals surface area contributed by atoms with Crippen molar-refractivity contribution in [1.29, 1.82) is 0 Å². The highest BCUT2D eigenvalue weighted by Gasteiger charge is 2.38. The number of nitrogens with zero attached hydrogens (tertiary/aromatic N) is 1. The van der Waals surface area contributed by atoms with E-state index in [1.54, 1.807) is 0 Å². The minimum atomic E-state index is -1.00. The van der Waals surface area contributed by atoms with E-state index in [0.29, 0.717) is 29.7 Å². The largest absolute Gasteiger partial charge is 0.477 e. The zero-order valence-electron chi connectivity index (χ0n) is 26.8. The SMILES string of the molecule is CC(C)(C#Cc1cc(N(C(=O)[C@H]2CC[C@H](C)CC2)[C@H]2CC[C@H](OC3CCOC3)CC2)c(C(=O)O)s1)CCOC1CCOCC1. The zero-order valence-corrected chi connectivity index (χ0v) is 27.6. The van der Waals surface area contributed by atoms with Gasteiger partial charge < -0.3 is 29.0 Å². The molecule has 3 heterocycles. The molecule has 44 heavy (non-hydrogen) atoms. The number of anilines is 1. The molecule has 1 aromatic rings. The van der Waals surface area contributed by atoms with E-state index >= 15 is 0 Å². The van der Waals surface area contributed by atoms with Crippen molar-refractivity contribution in [2.45, 2.75) is 122 Å². The summed E-state index contributed by atoms with van der Waals surface area (Å²) in [6, 6.07) is 1.81. The molecule has 1 atom stereocenters. The third kappa shape index (κ3) is 9.07. The Morgan fingerprint density at radius 3 is 2.30 bits per heavy atom. The van der Waals surface area contributed by atoms with Crippen LogP contribution in [-0.4, -0.2) is 74.4 Å². The molecule has 244 valence electrons. The Bertz CT molecular complexity index is 1160. The third-order valence-corrected chi connectivity index (χ3v) is 10.9. The number of hydrogen-bond donors (Lipinski definition) is 1. The molecule has 8 nitrogen and oxygen atoms in total. The molecule has 0 aromatic carbocycles. The fourth-order valence-corrected chi connectivity index (χ4v) is 7.76. The van der Waals surface area contributed by atoms with Crippen LogP contribution in [-0.2, 0) is 23.7 Å². The molecule has 5 rings (SSSR count). The van der Waals surface area contributed by atoms with E-state index in [4.69, 9.17) is 18.9 Å². The molecule has 9 heteroatoms. The van der Waals surface area contributed by atoms with Crippen LogP contribution in [0.15, 0.2) is 6.07 Å². The van der Waals surface area contributed by atoms with Crippen molar-refractivity contribution in [3.63, 3.8) is 0 Å². The lowest BCUT2D eigenvalue weighted by atomic mass is 9.81. The Morgan fingerprint density at radius 2 is 1.64 bits per heavy atom. The summed E-state index contributed by atoms with van der Waals surface area (Å²) in [6.07, 6.45) is 11.2. The summed E-state index contributed by atoms with van der Waals surface area (Å²) in [6.45, 7) is 9.99. The van der Waals surface area contributed by atoms with Gasteiger partial charge in [-0.2, -0.15) is 0 Å². The number of amides is 1. The first-order valence-corrected chi connectivity index (χ1v) is 17.7. The lowest BCUT2D eigenvalue weighted by Crippen LogP contribution is -2.47.